The summed E-state index contributed by atoms with van der Waals surface area (Å²) in [5, 5.41) is 1.49. The van der Waals surface area contributed by atoms with Gasteiger partial charge in [-0.1, -0.05) is 0 Å². The molecule has 0 bridgehead atoms. The first-order valence-electron chi connectivity index (χ1n) is 11.4. The predicted octanol–water partition coefficient (Wildman–Crippen LogP) is 7.70. The molecule has 0 fully saturated rings. The van der Waals surface area contributed by atoms with Crippen LogP contribution in [-0.2, 0) is 15.6 Å². The van der Waals surface area contributed by atoms with E-state index in [0.29, 0.717) is 7.25 Å². The van der Waals surface area contributed by atoms with Gasteiger partial charge in [-0.2, -0.15) is 0 Å². The molecular formula is C25H31Cl2SiZr. The minimum atomic E-state index is -4.28. The van der Waals surface area contributed by atoms with E-state index < -0.39 is 21.5 Å². The van der Waals surface area contributed by atoms with Crippen molar-refractivity contribution in [1.29, 1.82) is 0 Å². The van der Waals surface area contributed by atoms with Gasteiger partial charge >= 0.3 is 186 Å². The van der Waals surface area contributed by atoms with Gasteiger partial charge in [-0.05, 0) is 0 Å². The molecule has 1 aromatic carbocycles. The Labute approximate surface area is 184 Å². The molecule has 0 saturated carbocycles. The van der Waals surface area contributed by atoms with Crippen LogP contribution in [0.4, 0.5) is 0 Å². The van der Waals surface area contributed by atoms with Crippen LogP contribution in [0.25, 0.3) is 0 Å². The van der Waals surface area contributed by atoms with Gasteiger partial charge in [-0.3, -0.25) is 0 Å². The summed E-state index contributed by atoms with van der Waals surface area (Å²) in [4.78, 5) is 0. The van der Waals surface area contributed by atoms with E-state index in [9.17, 15) is 0 Å². The van der Waals surface area contributed by atoms with Crippen LogP contribution < -0.4 is 5.19 Å². The molecule has 0 N–H and O–H groups in total. The minimum absolute atomic E-state index is 0.470. The van der Waals surface area contributed by atoms with Gasteiger partial charge in [-0.25, -0.2) is 0 Å². The second-order valence-corrected chi connectivity index (χ2v) is 50.3. The Hall–Kier alpha value is -0.140. The summed E-state index contributed by atoms with van der Waals surface area (Å²) in [5.41, 5.74) is 6.43. The molecule has 0 amide bonds. The van der Waals surface area contributed by atoms with Crippen LogP contribution in [0.3, 0.4) is 0 Å². The molecule has 0 aliphatic heterocycles. The standard InChI is InChI=1S/2C9H11.C7H9Si.2ClH.Zr/c2*1-2-5-9-7-3-6-8(9)4-1;1-8-7-5-3-2-4-6-7;;;/h2*3-4,7H,1-2,5-6H2;2-6,8H,1H3;2*1H;/q;;;;;+2/p-2. The van der Waals surface area contributed by atoms with Gasteiger partial charge in [0.1, 0.15) is 0 Å². The van der Waals surface area contributed by atoms with Crippen molar-refractivity contribution in [1.82, 2.24) is 0 Å². The van der Waals surface area contributed by atoms with Gasteiger partial charge in [0.15, 0.2) is 0 Å². The van der Waals surface area contributed by atoms with Gasteiger partial charge < -0.3 is 0 Å². The predicted molar refractivity (Wildman–Crippen MR) is 128 cm³/mol. The summed E-state index contributed by atoms with van der Waals surface area (Å²) in [7, 11) is 16.6. The van der Waals surface area contributed by atoms with E-state index in [-0.39, 0.29) is 0 Å². The fourth-order valence-electron chi connectivity index (χ4n) is 6.82. The maximum atomic E-state index is 8.28. The fourth-order valence-corrected chi connectivity index (χ4v) is 48.7. The molecule has 4 aliphatic carbocycles. The molecular weight excluding hydrogens is 490 g/mol. The van der Waals surface area contributed by atoms with Crippen LogP contribution in [0.2, 0.25) is 13.8 Å². The number of hydrogen-bond donors (Lipinski definition) is 0. The zero-order valence-corrected chi connectivity index (χ0v) is 22.5. The zero-order valence-electron chi connectivity index (χ0n) is 17.3. The first-order valence-corrected chi connectivity index (χ1v) is 27.1. The third kappa shape index (κ3) is 3.24. The molecule has 5 rings (SSSR count). The Morgan fingerprint density at radius 1 is 0.828 bits per heavy atom. The molecule has 153 valence electrons. The van der Waals surface area contributed by atoms with Crippen molar-refractivity contribution in [3.8, 4) is 0 Å². The Balaban J connectivity index is 1.69. The first-order chi connectivity index (χ1) is 14.0. The maximum absolute atomic E-state index is 8.28. The Kier molecular flexibility index (Phi) is 5.56. The molecule has 4 heteroatoms. The van der Waals surface area contributed by atoms with Gasteiger partial charge in [0.25, 0.3) is 0 Å². The second kappa shape index (κ2) is 7.77. The van der Waals surface area contributed by atoms with E-state index in [4.69, 9.17) is 17.0 Å². The quantitative estimate of drug-likeness (QED) is 0.356. The monoisotopic (exact) mass is 519 g/mol. The Bertz CT molecular complexity index is 889. The van der Waals surface area contributed by atoms with Crippen molar-refractivity contribution >= 4 is 28.1 Å². The average molecular weight is 522 g/mol. The topological polar surface area (TPSA) is 0 Å². The van der Waals surface area contributed by atoms with Crippen molar-refractivity contribution < 1.29 is 15.6 Å². The van der Waals surface area contributed by atoms with Crippen LogP contribution in [0.15, 0.2) is 76.9 Å². The number of rotatable bonds is 4. The number of halogens is 2. The average Bonchev–Trinajstić information content (AvgIpc) is 3.42. The van der Waals surface area contributed by atoms with E-state index >= 15 is 0 Å². The number of hydrogen-bond acceptors (Lipinski definition) is 0. The summed E-state index contributed by atoms with van der Waals surface area (Å²) in [6, 6.07) is 11.2. The van der Waals surface area contributed by atoms with E-state index in [2.05, 4.69) is 61.2 Å². The van der Waals surface area contributed by atoms with E-state index in [0.717, 1.165) is 12.8 Å². The van der Waals surface area contributed by atoms with Crippen molar-refractivity contribution in [2.75, 3.05) is 0 Å². The molecule has 4 aliphatic rings. The van der Waals surface area contributed by atoms with Gasteiger partial charge in [-0.15, -0.1) is 0 Å². The summed E-state index contributed by atoms with van der Waals surface area (Å²) < 4.78 is 0.940. The summed E-state index contributed by atoms with van der Waals surface area (Å²) in [6.07, 6.45) is 19.1. The molecule has 29 heavy (non-hydrogen) atoms. The third-order valence-corrected chi connectivity index (χ3v) is 58.3. The van der Waals surface area contributed by atoms with Crippen molar-refractivity contribution in [3.05, 3.63) is 76.9 Å². The molecule has 0 spiro atoms. The summed E-state index contributed by atoms with van der Waals surface area (Å²) in [5.74, 6) is -1.54. The SMILES string of the molecule is C[SiH](c1ccccc1)[Zr]([Cl])([Cl])([CH]1CCCC2=C1CC=C2)[CH]1CCCC2=C1CC=C2. The Morgan fingerprint density at radius 2 is 1.34 bits per heavy atom. The van der Waals surface area contributed by atoms with Crippen molar-refractivity contribution in [2.24, 2.45) is 0 Å². The van der Waals surface area contributed by atoms with E-state index in [1.165, 1.54) is 43.7 Å². The van der Waals surface area contributed by atoms with Crippen LogP contribution in [0.5, 0.6) is 0 Å². The van der Waals surface area contributed by atoms with Gasteiger partial charge in [0, 0.05) is 0 Å². The van der Waals surface area contributed by atoms with Crippen molar-refractivity contribution in [2.45, 2.75) is 65.2 Å². The van der Waals surface area contributed by atoms with E-state index in [1.807, 2.05) is 0 Å². The van der Waals surface area contributed by atoms with Gasteiger partial charge in [0.2, 0.25) is 0 Å². The normalized spacial score (nSPS) is 28.9. The number of benzene rings is 1. The molecule has 0 heterocycles. The van der Waals surface area contributed by atoms with Crippen LogP contribution in [0.1, 0.15) is 51.4 Å². The number of allylic oxidation sites excluding steroid dienone is 8. The second-order valence-electron chi connectivity index (χ2n) is 9.56. The molecule has 1 aromatic rings. The molecule has 0 saturated heterocycles. The third-order valence-electron chi connectivity index (χ3n) is 8.32. The summed E-state index contributed by atoms with van der Waals surface area (Å²) in [6.45, 7) is 2.51. The Morgan fingerprint density at radius 3 is 1.86 bits per heavy atom. The zero-order chi connectivity index (χ0) is 20.1. The molecule has 0 aromatic heterocycles. The van der Waals surface area contributed by atoms with E-state index in [1.54, 1.807) is 22.3 Å². The molecule has 3 atom stereocenters. The molecule has 0 radical (unpaired) electrons. The molecule has 0 nitrogen and oxygen atoms in total. The first kappa shape index (κ1) is 20.7. The van der Waals surface area contributed by atoms with Crippen molar-refractivity contribution in [3.63, 3.8) is 0 Å². The molecule has 3 unspecified atom stereocenters. The van der Waals surface area contributed by atoms with Crippen LogP contribution >= 0.6 is 17.0 Å². The fraction of sp³-hybridized carbons (Fsp3) is 0.440. The summed E-state index contributed by atoms with van der Waals surface area (Å²) >= 11 is -4.28. The van der Waals surface area contributed by atoms with Gasteiger partial charge in [0.05, 0.1) is 0 Å². The van der Waals surface area contributed by atoms with Crippen LogP contribution in [0, 0.1) is 0 Å². The van der Waals surface area contributed by atoms with Crippen LogP contribution in [-0.4, -0.2) is 5.92 Å².